The topological polar surface area (TPSA) is 54.0 Å². The Hall–Kier alpha value is -2.43. The van der Waals surface area contributed by atoms with Gasteiger partial charge in [0.1, 0.15) is 11.6 Å². The number of pyridine rings is 1. The molecular weight excluding hydrogens is 293 g/mol. The summed E-state index contributed by atoms with van der Waals surface area (Å²) in [6.45, 7) is 0. The van der Waals surface area contributed by atoms with Crippen LogP contribution in [-0.2, 0) is 0 Å². The summed E-state index contributed by atoms with van der Waals surface area (Å²) in [7, 11) is 0. The Morgan fingerprint density at radius 3 is 2.57 bits per heavy atom. The minimum absolute atomic E-state index is 0.0127. The van der Waals surface area contributed by atoms with Crippen molar-refractivity contribution < 1.29 is 9.18 Å². The first kappa shape index (κ1) is 15.5. The number of hydrogen-bond acceptors (Lipinski definition) is 3. The lowest BCUT2D eigenvalue weighted by Gasteiger charge is -2.23. The molecule has 1 aromatic heterocycles. The van der Waals surface area contributed by atoms with Crippen LogP contribution in [0.2, 0.25) is 0 Å². The molecule has 0 radical (unpaired) electrons. The standard InChI is InChI=1S/C18H20FN3O/c19-16-9-5-4-8-15(16)18(23)22-17-11-10-14(12-20-17)21-13-6-2-1-3-7-13/h4-5,8-13,21H,1-3,6-7H2,(H,20,22,23). The Labute approximate surface area is 135 Å². The van der Waals surface area contributed by atoms with E-state index < -0.39 is 11.7 Å². The molecule has 120 valence electrons. The van der Waals surface area contributed by atoms with Crippen LogP contribution in [0.1, 0.15) is 42.5 Å². The van der Waals surface area contributed by atoms with Gasteiger partial charge >= 0.3 is 0 Å². The fourth-order valence-corrected chi connectivity index (χ4v) is 2.86. The normalized spacial score (nSPS) is 15.2. The van der Waals surface area contributed by atoms with Gasteiger partial charge in [-0.05, 0) is 37.1 Å². The average molecular weight is 313 g/mol. The molecule has 0 bridgehead atoms. The molecule has 1 aliphatic rings. The number of aromatic nitrogens is 1. The lowest BCUT2D eigenvalue weighted by atomic mass is 9.95. The molecule has 1 aliphatic carbocycles. The Morgan fingerprint density at radius 1 is 1.09 bits per heavy atom. The zero-order chi connectivity index (χ0) is 16.1. The van der Waals surface area contributed by atoms with Crippen molar-refractivity contribution in [3.63, 3.8) is 0 Å². The van der Waals surface area contributed by atoms with E-state index in [1.807, 2.05) is 6.07 Å². The number of rotatable bonds is 4. The summed E-state index contributed by atoms with van der Waals surface area (Å²) in [4.78, 5) is 16.3. The fraction of sp³-hybridized carbons (Fsp3) is 0.333. The number of nitrogens with zero attached hydrogens (tertiary/aromatic N) is 1. The maximum absolute atomic E-state index is 13.6. The first-order chi connectivity index (χ1) is 11.2. The molecule has 2 aromatic rings. The number of carbonyl (C=O) groups excluding carboxylic acids is 1. The minimum atomic E-state index is -0.541. The van der Waals surface area contributed by atoms with Crippen LogP contribution in [0.25, 0.3) is 0 Å². The number of halogens is 1. The van der Waals surface area contributed by atoms with Crippen LogP contribution in [0.4, 0.5) is 15.9 Å². The van der Waals surface area contributed by atoms with Gasteiger partial charge in [-0.25, -0.2) is 9.37 Å². The number of hydrogen-bond donors (Lipinski definition) is 2. The highest BCUT2D eigenvalue weighted by Gasteiger charge is 2.14. The molecule has 0 spiro atoms. The van der Waals surface area contributed by atoms with E-state index in [0.717, 1.165) is 5.69 Å². The van der Waals surface area contributed by atoms with Gasteiger partial charge in [-0.1, -0.05) is 31.4 Å². The first-order valence-electron chi connectivity index (χ1n) is 8.01. The van der Waals surface area contributed by atoms with Crippen molar-refractivity contribution in [3.8, 4) is 0 Å². The molecule has 5 heteroatoms. The van der Waals surface area contributed by atoms with E-state index in [0.29, 0.717) is 11.9 Å². The highest BCUT2D eigenvalue weighted by atomic mass is 19.1. The van der Waals surface area contributed by atoms with Gasteiger partial charge in [0.05, 0.1) is 17.4 Å². The second-order valence-electron chi connectivity index (χ2n) is 5.85. The maximum Gasteiger partial charge on any atom is 0.259 e. The number of nitrogens with one attached hydrogen (secondary N) is 2. The highest BCUT2D eigenvalue weighted by Crippen LogP contribution is 2.21. The molecule has 3 rings (SSSR count). The Balaban J connectivity index is 1.61. The first-order valence-corrected chi connectivity index (χ1v) is 8.01. The van der Waals surface area contributed by atoms with Gasteiger partial charge in [-0.2, -0.15) is 0 Å². The van der Waals surface area contributed by atoms with Crippen LogP contribution in [-0.4, -0.2) is 16.9 Å². The van der Waals surface area contributed by atoms with Crippen molar-refractivity contribution in [1.29, 1.82) is 0 Å². The summed E-state index contributed by atoms with van der Waals surface area (Å²) in [6.07, 6.45) is 7.92. The summed E-state index contributed by atoms with van der Waals surface area (Å²) in [6, 6.07) is 10.0. The zero-order valence-corrected chi connectivity index (χ0v) is 12.9. The van der Waals surface area contributed by atoms with Gasteiger partial charge < -0.3 is 10.6 Å². The Morgan fingerprint density at radius 2 is 1.87 bits per heavy atom. The van der Waals surface area contributed by atoms with Crippen LogP contribution in [0.3, 0.4) is 0 Å². The molecule has 1 fully saturated rings. The lowest BCUT2D eigenvalue weighted by molar-refractivity contribution is 0.102. The summed E-state index contributed by atoms with van der Waals surface area (Å²) in [5, 5.41) is 6.08. The molecule has 0 saturated heterocycles. The van der Waals surface area contributed by atoms with Crippen molar-refractivity contribution in [1.82, 2.24) is 4.98 Å². The third-order valence-electron chi connectivity index (χ3n) is 4.10. The number of amides is 1. The van der Waals surface area contributed by atoms with Crippen molar-refractivity contribution in [2.24, 2.45) is 0 Å². The average Bonchev–Trinajstić information content (AvgIpc) is 2.58. The van der Waals surface area contributed by atoms with E-state index in [9.17, 15) is 9.18 Å². The van der Waals surface area contributed by atoms with E-state index >= 15 is 0 Å². The maximum atomic E-state index is 13.6. The summed E-state index contributed by atoms with van der Waals surface area (Å²) in [5.41, 5.74) is 0.958. The monoisotopic (exact) mass is 313 g/mol. The number of carbonyl (C=O) groups is 1. The molecule has 4 nitrogen and oxygen atoms in total. The third kappa shape index (κ3) is 4.06. The lowest BCUT2D eigenvalue weighted by Crippen LogP contribution is -2.22. The molecule has 2 N–H and O–H groups in total. The van der Waals surface area contributed by atoms with E-state index in [1.54, 1.807) is 24.4 Å². The molecule has 1 saturated carbocycles. The second-order valence-corrected chi connectivity index (χ2v) is 5.85. The van der Waals surface area contributed by atoms with Crippen molar-refractivity contribution >= 4 is 17.4 Å². The molecule has 0 unspecified atom stereocenters. The van der Waals surface area contributed by atoms with Gasteiger partial charge in [0.25, 0.3) is 5.91 Å². The van der Waals surface area contributed by atoms with Crippen LogP contribution < -0.4 is 10.6 Å². The van der Waals surface area contributed by atoms with E-state index in [1.165, 1.54) is 44.2 Å². The van der Waals surface area contributed by atoms with Crippen LogP contribution in [0.5, 0.6) is 0 Å². The van der Waals surface area contributed by atoms with Gasteiger partial charge in [-0.3, -0.25) is 4.79 Å². The highest BCUT2D eigenvalue weighted by molar-refractivity contribution is 6.03. The smallest absolute Gasteiger partial charge is 0.259 e. The minimum Gasteiger partial charge on any atom is -0.381 e. The number of anilines is 2. The molecular formula is C18H20FN3O. The summed E-state index contributed by atoms with van der Waals surface area (Å²) < 4.78 is 13.6. The van der Waals surface area contributed by atoms with Crippen molar-refractivity contribution in [3.05, 3.63) is 54.0 Å². The largest absolute Gasteiger partial charge is 0.381 e. The van der Waals surface area contributed by atoms with Crippen molar-refractivity contribution in [2.75, 3.05) is 10.6 Å². The van der Waals surface area contributed by atoms with Crippen LogP contribution >= 0.6 is 0 Å². The Kier molecular flexibility index (Phi) is 4.86. The van der Waals surface area contributed by atoms with Crippen LogP contribution in [0, 0.1) is 5.82 Å². The third-order valence-corrected chi connectivity index (χ3v) is 4.10. The van der Waals surface area contributed by atoms with E-state index in [4.69, 9.17) is 0 Å². The predicted molar refractivity (Wildman–Crippen MR) is 89.1 cm³/mol. The molecule has 23 heavy (non-hydrogen) atoms. The molecule has 1 amide bonds. The van der Waals surface area contributed by atoms with Crippen molar-refractivity contribution in [2.45, 2.75) is 38.1 Å². The van der Waals surface area contributed by atoms with Gasteiger partial charge in [0.15, 0.2) is 0 Å². The van der Waals surface area contributed by atoms with Gasteiger partial charge in [0.2, 0.25) is 0 Å². The van der Waals surface area contributed by atoms with E-state index in [-0.39, 0.29) is 5.56 Å². The van der Waals surface area contributed by atoms with E-state index in [2.05, 4.69) is 15.6 Å². The van der Waals surface area contributed by atoms with Crippen LogP contribution in [0.15, 0.2) is 42.6 Å². The SMILES string of the molecule is O=C(Nc1ccc(NC2CCCCC2)cn1)c1ccccc1F. The predicted octanol–water partition coefficient (Wildman–Crippen LogP) is 4.22. The zero-order valence-electron chi connectivity index (χ0n) is 12.9. The number of benzene rings is 1. The molecule has 0 aliphatic heterocycles. The van der Waals surface area contributed by atoms with Gasteiger partial charge in [-0.15, -0.1) is 0 Å². The second kappa shape index (κ2) is 7.22. The molecule has 1 aromatic carbocycles. The van der Waals surface area contributed by atoms with Gasteiger partial charge in [0, 0.05) is 6.04 Å². The fourth-order valence-electron chi connectivity index (χ4n) is 2.86. The Bertz CT molecular complexity index is 666. The molecule has 0 atom stereocenters. The summed E-state index contributed by atoms with van der Waals surface area (Å²) >= 11 is 0. The quantitative estimate of drug-likeness (QED) is 0.888. The molecule has 1 heterocycles. The summed E-state index contributed by atoms with van der Waals surface area (Å²) in [5.74, 6) is -0.628.